The molecule has 2 aromatic carbocycles. The standard InChI is InChI=1S/C23H24F2N2O2/c24-18-11-17(12-19(25)13-18)22-20-4-2-1-3-15(20)7-10-27(22)23(28)29-21-14-26-8-5-16(21)6-9-26/h1-4,11-13,16,21-22H,5-10,14H2/t21-,22+/m1/s1. The lowest BCUT2D eigenvalue weighted by Gasteiger charge is -2.45. The fourth-order valence-corrected chi connectivity index (χ4v) is 5.10. The van der Waals surface area contributed by atoms with Crippen LogP contribution in [0.1, 0.15) is 35.6 Å². The lowest BCUT2D eigenvalue weighted by Crippen LogP contribution is -2.53. The topological polar surface area (TPSA) is 32.8 Å². The van der Waals surface area contributed by atoms with E-state index in [9.17, 15) is 13.6 Å². The summed E-state index contributed by atoms with van der Waals surface area (Å²) in [5.41, 5.74) is 2.42. The van der Waals surface area contributed by atoms with E-state index in [1.54, 1.807) is 4.90 Å². The van der Waals surface area contributed by atoms with E-state index in [1.807, 2.05) is 24.3 Å². The Morgan fingerprint density at radius 1 is 1.00 bits per heavy atom. The number of hydrogen-bond donors (Lipinski definition) is 0. The fourth-order valence-electron chi connectivity index (χ4n) is 5.10. The molecule has 3 saturated heterocycles. The summed E-state index contributed by atoms with van der Waals surface area (Å²) >= 11 is 0. The van der Waals surface area contributed by atoms with Gasteiger partial charge in [-0.05, 0) is 67.1 Å². The number of ether oxygens (including phenoxy) is 1. The Morgan fingerprint density at radius 2 is 1.72 bits per heavy atom. The smallest absolute Gasteiger partial charge is 0.410 e. The van der Waals surface area contributed by atoms with E-state index >= 15 is 0 Å². The number of piperidine rings is 3. The molecule has 1 amide bonds. The number of amides is 1. The monoisotopic (exact) mass is 398 g/mol. The van der Waals surface area contributed by atoms with Crippen molar-refractivity contribution in [3.05, 3.63) is 70.8 Å². The molecule has 2 bridgehead atoms. The zero-order valence-corrected chi connectivity index (χ0v) is 16.2. The minimum atomic E-state index is -0.645. The second-order valence-corrected chi connectivity index (χ2v) is 8.31. The van der Waals surface area contributed by atoms with Crippen molar-refractivity contribution in [2.45, 2.75) is 31.4 Å². The molecule has 0 N–H and O–H groups in total. The lowest BCUT2D eigenvalue weighted by atomic mass is 9.86. The molecule has 0 saturated carbocycles. The molecule has 3 fully saturated rings. The first-order chi connectivity index (χ1) is 14.1. The predicted molar refractivity (Wildman–Crippen MR) is 104 cm³/mol. The number of benzene rings is 2. The Labute approximate surface area is 169 Å². The molecule has 152 valence electrons. The van der Waals surface area contributed by atoms with Crippen LogP contribution >= 0.6 is 0 Å². The van der Waals surface area contributed by atoms with Crippen LogP contribution in [0.25, 0.3) is 0 Å². The molecule has 0 unspecified atom stereocenters. The first kappa shape index (κ1) is 18.6. The Hall–Kier alpha value is -2.47. The second kappa shape index (κ2) is 7.41. The van der Waals surface area contributed by atoms with Gasteiger partial charge in [0.05, 0.1) is 6.04 Å². The highest BCUT2D eigenvalue weighted by Gasteiger charge is 2.39. The summed E-state index contributed by atoms with van der Waals surface area (Å²) in [5.74, 6) is -0.881. The summed E-state index contributed by atoms with van der Waals surface area (Å²) in [7, 11) is 0. The fraction of sp³-hybridized carbons (Fsp3) is 0.435. The molecule has 4 nitrogen and oxygen atoms in total. The molecule has 4 aliphatic rings. The van der Waals surface area contributed by atoms with Crippen LogP contribution in [0.5, 0.6) is 0 Å². The number of fused-ring (bicyclic) bond motifs is 4. The van der Waals surface area contributed by atoms with E-state index in [2.05, 4.69) is 4.90 Å². The third-order valence-corrected chi connectivity index (χ3v) is 6.57. The number of hydrogen-bond acceptors (Lipinski definition) is 3. The summed E-state index contributed by atoms with van der Waals surface area (Å²) in [4.78, 5) is 17.2. The van der Waals surface area contributed by atoms with Crippen molar-refractivity contribution in [1.29, 1.82) is 0 Å². The van der Waals surface area contributed by atoms with Gasteiger partial charge in [-0.2, -0.15) is 0 Å². The van der Waals surface area contributed by atoms with Gasteiger partial charge in [0.1, 0.15) is 17.7 Å². The van der Waals surface area contributed by atoms with Crippen LogP contribution in [0.3, 0.4) is 0 Å². The minimum Gasteiger partial charge on any atom is -0.444 e. The van der Waals surface area contributed by atoms with Gasteiger partial charge in [-0.1, -0.05) is 24.3 Å². The minimum absolute atomic E-state index is 0.105. The van der Waals surface area contributed by atoms with Crippen LogP contribution in [0.2, 0.25) is 0 Å². The molecule has 2 aromatic rings. The van der Waals surface area contributed by atoms with Gasteiger partial charge in [0.2, 0.25) is 0 Å². The molecule has 0 aromatic heterocycles. The van der Waals surface area contributed by atoms with Gasteiger partial charge in [-0.3, -0.25) is 9.80 Å². The highest BCUT2D eigenvalue weighted by molar-refractivity contribution is 5.70. The number of halogens is 2. The third kappa shape index (κ3) is 3.50. The molecular weight excluding hydrogens is 374 g/mol. The highest BCUT2D eigenvalue weighted by Crippen LogP contribution is 2.37. The molecule has 4 heterocycles. The molecule has 29 heavy (non-hydrogen) atoms. The molecule has 4 aliphatic heterocycles. The van der Waals surface area contributed by atoms with Crippen LogP contribution in [-0.4, -0.2) is 48.2 Å². The Bertz CT molecular complexity index is 907. The van der Waals surface area contributed by atoms with Crippen molar-refractivity contribution >= 4 is 6.09 Å². The zero-order chi connectivity index (χ0) is 20.0. The summed E-state index contributed by atoms with van der Waals surface area (Å²) in [6.45, 7) is 3.38. The lowest BCUT2D eigenvalue weighted by molar-refractivity contribution is -0.0462. The van der Waals surface area contributed by atoms with Crippen molar-refractivity contribution in [2.24, 2.45) is 5.92 Å². The van der Waals surface area contributed by atoms with E-state index < -0.39 is 23.8 Å². The van der Waals surface area contributed by atoms with Crippen molar-refractivity contribution in [1.82, 2.24) is 9.80 Å². The molecule has 0 radical (unpaired) electrons. The van der Waals surface area contributed by atoms with Crippen molar-refractivity contribution in [2.75, 3.05) is 26.2 Å². The summed E-state index contributed by atoms with van der Waals surface area (Å²) in [5, 5.41) is 0. The summed E-state index contributed by atoms with van der Waals surface area (Å²) in [6.07, 6.45) is 2.30. The SMILES string of the molecule is O=C(O[C@@H]1CN2CCC1CC2)N1CCc2ccccc2[C@@H]1c1cc(F)cc(F)c1. The number of nitrogens with zero attached hydrogens (tertiary/aromatic N) is 2. The largest absolute Gasteiger partial charge is 0.444 e. The van der Waals surface area contributed by atoms with Gasteiger partial charge in [0.15, 0.2) is 0 Å². The normalized spacial score (nSPS) is 28.1. The van der Waals surface area contributed by atoms with E-state index in [0.717, 1.165) is 49.7 Å². The summed E-state index contributed by atoms with van der Waals surface area (Å²) < 4.78 is 33.9. The number of carbonyl (C=O) groups is 1. The van der Waals surface area contributed by atoms with Crippen molar-refractivity contribution in [3.8, 4) is 0 Å². The molecule has 0 spiro atoms. The maximum atomic E-state index is 14.0. The molecule has 0 aliphatic carbocycles. The first-order valence-electron chi connectivity index (χ1n) is 10.3. The van der Waals surface area contributed by atoms with E-state index in [0.29, 0.717) is 24.4 Å². The summed E-state index contributed by atoms with van der Waals surface area (Å²) in [6, 6.07) is 10.7. The average molecular weight is 398 g/mol. The van der Waals surface area contributed by atoms with Gasteiger partial charge in [-0.15, -0.1) is 0 Å². The molecule has 6 rings (SSSR count). The molecular formula is C23H24F2N2O2. The van der Waals surface area contributed by atoms with Gasteiger partial charge >= 0.3 is 6.09 Å². The Balaban J connectivity index is 1.47. The number of carbonyl (C=O) groups excluding carboxylic acids is 1. The quantitative estimate of drug-likeness (QED) is 0.762. The first-order valence-corrected chi connectivity index (χ1v) is 10.3. The van der Waals surface area contributed by atoms with Crippen LogP contribution in [0.4, 0.5) is 13.6 Å². The van der Waals surface area contributed by atoms with Gasteiger partial charge in [-0.25, -0.2) is 13.6 Å². The van der Waals surface area contributed by atoms with Gasteiger partial charge in [0.25, 0.3) is 0 Å². The highest BCUT2D eigenvalue weighted by atomic mass is 19.1. The number of rotatable bonds is 2. The Kier molecular flexibility index (Phi) is 4.74. The second-order valence-electron chi connectivity index (χ2n) is 8.31. The maximum Gasteiger partial charge on any atom is 0.410 e. The Morgan fingerprint density at radius 3 is 2.41 bits per heavy atom. The predicted octanol–water partition coefficient (Wildman–Crippen LogP) is 4.14. The van der Waals surface area contributed by atoms with Crippen molar-refractivity contribution in [3.63, 3.8) is 0 Å². The van der Waals surface area contributed by atoms with Crippen LogP contribution in [-0.2, 0) is 11.2 Å². The van der Waals surface area contributed by atoms with E-state index in [4.69, 9.17) is 4.74 Å². The van der Waals surface area contributed by atoms with Gasteiger partial charge < -0.3 is 4.74 Å². The van der Waals surface area contributed by atoms with E-state index in [-0.39, 0.29) is 6.10 Å². The maximum absolute atomic E-state index is 14.0. The van der Waals surface area contributed by atoms with Crippen molar-refractivity contribution < 1.29 is 18.3 Å². The van der Waals surface area contributed by atoms with E-state index in [1.165, 1.54) is 12.1 Å². The van der Waals surface area contributed by atoms with Gasteiger partial charge in [0, 0.05) is 19.2 Å². The zero-order valence-electron chi connectivity index (χ0n) is 16.2. The van der Waals surface area contributed by atoms with Crippen LogP contribution < -0.4 is 0 Å². The molecule has 2 atom stereocenters. The third-order valence-electron chi connectivity index (χ3n) is 6.57. The van der Waals surface area contributed by atoms with Crippen LogP contribution in [0, 0.1) is 17.6 Å². The average Bonchev–Trinajstić information content (AvgIpc) is 2.73. The molecule has 6 heteroatoms. The van der Waals surface area contributed by atoms with Crippen LogP contribution in [0.15, 0.2) is 42.5 Å².